The van der Waals surface area contributed by atoms with Gasteiger partial charge in [-0.25, -0.2) is 0 Å². The molecule has 56 valence electrons. The first-order valence-electron chi connectivity index (χ1n) is 3.63. The molecule has 0 aliphatic heterocycles. The molecule has 2 heteroatoms. The van der Waals surface area contributed by atoms with Crippen LogP contribution in [0.5, 0.6) is 0 Å². The van der Waals surface area contributed by atoms with Gasteiger partial charge in [0.05, 0.1) is 5.92 Å². The molecule has 1 atom stereocenters. The van der Waals surface area contributed by atoms with Crippen molar-refractivity contribution >= 4 is 5.97 Å². The fourth-order valence-corrected chi connectivity index (χ4v) is 1.25. The van der Waals surface area contributed by atoms with E-state index in [4.69, 9.17) is 5.11 Å². The topological polar surface area (TPSA) is 37.3 Å². The zero-order valence-corrected chi connectivity index (χ0v) is 6.13. The lowest BCUT2D eigenvalue weighted by Gasteiger charge is -2.05. The van der Waals surface area contributed by atoms with E-state index >= 15 is 0 Å². The molecule has 0 radical (unpaired) electrons. The minimum Gasteiger partial charge on any atom is -0.481 e. The molecule has 1 rings (SSSR count). The van der Waals surface area contributed by atoms with Crippen molar-refractivity contribution < 1.29 is 9.90 Å². The summed E-state index contributed by atoms with van der Waals surface area (Å²) in [6.45, 7) is 1.75. The molecule has 0 saturated heterocycles. The molecule has 0 saturated carbocycles. The maximum atomic E-state index is 10.4. The van der Waals surface area contributed by atoms with Gasteiger partial charge in [-0.1, -0.05) is 11.6 Å². The number of carboxylic acids is 1. The largest absolute Gasteiger partial charge is 0.481 e. The molecule has 0 fully saturated rings. The van der Waals surface area contributed by atoms with E-state index in [0.717, 1.165) is 24.8 Å². The number of hydrogen-bond acceptors (Lipinski definition) is 1. The molecule has 1 aliphatic carbocycles. The van der Waals surface area contributed by atoms with Crippen molar-refractivity contribution in [2.75, 3.05) is 0 Å². The molecular formula is C8H12O2. The molecule has 1 N–H and O–H groups in total. The van der Waals surface area contributed by atoms with E-state index in [1.165, 1.54) is 0 Å². The second-order valence-electron chi connectivity index (χ2n) is 2.73. The molecule has 0 amide bonds. The molecule has 0 aromatic rings. The maximum Gasteiger partial charge on any atom is 0.310 e. The number of carboxylic acid groups (broad SMARTS) is 1. The summed E-state index contributed by atoms with van der Waals surface area (Å²) < 4.78 is 0. The van der Waals surface area contributed by atoms with Crippen molar-refractivity contribution in [3.8, 4) is 0 Å². The minimum absolute atomic E-state index is 0.262. The second kappa shape index (κ2) is 2.86. The van der Waals surface area contributed by atoms with Gasteiger partial charge in [0.1, 0.15) is 0 Å². The van der Waals surface area contributed by atoms with Crippen molar-refractivity contribution in [2.45, 2.75) is 26.2 Å². The van der Waals surface area contributed by atoms with Gasteiger partial charge in [0.2, 0.25) is 0 Å². The zero-order chi connectivity index (χ0) is 7.56. The Morgan fingerprint density at radius 2 is 2.50 bits per heavy atom. The van der Waals surface area contributed by atoms with Gasteiger partial charge in [-0.15, -0.1) is 0 Å². The van der Waals surface area contributed by atoms with Crippen molar-refractivity contribution in [3.63, 3.8) is 0 Å². The lowest BCUT2D eigenvalue weighted by molar-refractivity contribution is -0.139. The fourth-order valence-electron chi connectivity index (χ4n) is 1.25. The molecular weight excluding hydrogens is 128 g/mol. The Kier molecular flexibility index (Phi) is 2.10. The Bertz CT molecular complexity index is 170. The number of hydrogen-bond donors (Lipinski definition) is 1. The van der Waals surface area contributed by atoms with Crippen LogP contribution in [-0.2, 0) is 4.79 Å². The highest BCUT2D eigenvalue weighted by molar-refractivity contribution is 5.73. The smallest absolute Gasteiger partial charge is 0.310 e. The van der Waals surface area contributed by atoms with Gasteiger partial charge in [-0.05, 0) is 26.2 Å². The molecule has 0 heterocycles. The van der Waals surface area contributed by atoms with Gasteiger partial charge in [0, 0.05) is 0 Å². The first-order chi connectivity index (χ1) is 4.72. The van der Waals surface area contributed by atoms with Crippen LogP contribution in [0.2, 0.25) is 0 Å². The van der Waals surface area contributed by atoms with Crippen LogP contribution in [0, 0.1) is 5.92 Å². The Balaban J connectivity index is 2.55. The first kappa shape index (κ1) is 7.32. The summed E-state index contributed by atoms with van der Waals surface area (Å²) in [7, 11) is 0. The number of aliphatic carboxylic acids is 1. The molecule has 0 aromatic heterocycles. The minimum atomic E-state index is -0.701. The summed E-state index contributed by atoms with van der Waals surface area (Å²) in [5, 5.41) is 8.60. The Morgan fingerprint density at radius 3 is 2.90 bits per heavy atom. The third kappa shape index (κ3) is 1.38. The van der Waals surface area contributed by atoms with Gasteiger partial charge in [0.25, 0.3) is 0 Å². The van der Waals surface area contributed by atoms with Crippen molar-refractivity contribution in [2.24, 2.45) is 5.92 Å². The Morgan fingerprint density at radius 1 is 1.80 bits per heavy atom. The summed E-state index contributed by atoms with van der Waals surface area (Å²) >= 11 is 0. The summed E-state index contributed by atoms with van der Waals surface area (Å²) in [6.07, 6.45) is 5.23. The van der Waals surface area contributed by atoms with Crippen LogP contribution in [0.1, 0.15) is 26.2 Å². The quantitative estimate of drug-likeness (QED) is 0.594. The van der Waals surface area contributed by atoms with Crippen LogP contribution in [-0.4, -0.2) is 11.1 Å². The van der Waals surface area contributed by atoms with E-state index in [0.29, 0.717) is 0 Å². The summed E-state index contributed by atoms with van der Waals surface area (Å²) in [4.78, 5) is 10.4. The molecule has 1 aliphatic rings. The predicted molar refractivity (Wildman–Crippen MR) is 38.7 cm³/mol. The lowest BCUT2D eigenvalue weighted by atomic mass is 10.0. The van der Waals surface area contributed by atoms with Gasteiger partial charge >= 0.3 is 5.97 Å². The highest BCUT2D eigenvalue weighted by Gasteiger charge is 2.17. The summed E-state index contributed by atoms with van der Waals surface area (Å²) in [6, 6.07) is 0. The van der Waals surface area contributed by atoms with Crippen LogP contribution in [0.25, 0.3) is 0 Å². The van der Waals surface area contributed by atoms with Crippen LogP contribution < -0.4 is 0 Å². The highest BCUT2D eigenvalue weighted by Crippen LogP contribution is 2.24. The fraction of sp³-hybridized carbons (Fsp3) is 0.625. The number of rotatable bonds is 2. The highest BCUT2D eigenvalue weighted by atomic mass is 16.4. The summed E-state index contributed by atoms with van der Waals surface area (Å²) in [5.41, 5.74) is 1.10. The molecule has 1 unspecified atom stereocenters. The van der Waals surface area contributed by atoms with Crippen LogP contribution >= 0.6 is 0 Å². The summed E-state index contributed by atoms with van der Waals surface area (Å²) in [5.74, 6) is -0.962. The Hall–Kier alpha value is -0.790. The van der Waals surface area contributed by atoms with Gasteiger partial charge in [-0.2, -0.15) is 0 Å². The van der Waals surface area contributed by atoms with Crippen molar-refractivity contribution in [1.29, 1.82) is 0 Å². The SMILES string of the molecule is CC(C(=O)O)C1=CCCC1. The zero-order valence-electron chi connectivity index (χ0n) is 6.13. The van der Waals surface area contributed by atoms with Crippen LogP contribution in [0.4, 0.5) is 0 Å². The monoisotopic (exact) mass is 140 g/mol. The van der Waals surface area contributed by atoms with Crippen LogP contribution in [0.3, 0.4) is 0 Å². The standard InChI is InChI=1S/C8H12O2/c1-6(8(9)10)7-4-2-3-5-7/h4,6H,2-3,5H2,1H3,(H,9,10). The average Bonchev–Trinajstić information content (AvgIpc) is 2.36. The van der Waals surface area contributed by atoms with Gasteiger partial charge in [-0.3, -0.25) is 4.79 Å². The van der Waals surface area contributed by atoms with E-state index in [1.54, 1.807) is 6.92 Å². The third-order valence-corrected chi connectivity index (χ3v) is 2.00. The van der Waals surface area contributed by atoms with Crippen molar-refractivity contribution in [3.05, 3.63) is 11.6 Å². The Labute approximate surface area is 60.6 Å². The molecule has 0 spiro atoms. The third-order valence-electron chi connectivity index (χ3n) is 2.00. The second-order valence-corrected chi connectivity index (χ2v) is 2.73. The first-order valence-corrected chi connectivity index (χ1v) is 3.63. The molecule has 0 aromatic carbocycles. The normalized spacial score (nSPS) is 20.3. The van der Waals surface area contributed by atoms with Crippen LogP contribution in [0.15, 0.2) is 11.6 Å². The molecule has 2 nitrogen and oxygen atoms in total. The van der Waals surface area contributed by atoms with E-state index in [1.807, 2.05) is 0 Å². The molecule has 0 bridgehead atoms. The maximum absolute atomic E-state index is 10.4. The number of allylic oxidation sites excluding steroid dienone is 1. The predicted octanol–water partition coefficient (Wildman–Crippen LogP) is 1.82. The van der Waals surface area contributed by atoms with Gasteiger partial charge < -0.3 is 5.11 Å². The van der Waals surface area contributed by atoms with E-state index in [-0.39, 0.29) is 5.92 Å². The van der Waals surface area contributed by atoms with E-state index in [2.05, 4.69) is 6.08 Å². The molecule has 10 heavy (non-hydrogen) atoms. The van der Waals surface area contributed by atoms with Crippen molar-refractivity contribution in [1.82, 2.24) is 0 Å². The van der Waals surface area contributed by atoms with E-state index in [9.17, 15) is 4.79 Å². The number of carbonyl (C=O) groups is 1. The average molecular weight is 140 g/mol. The van der Waals surface area contributed by atoms with Gasteiger partial charge in [0.15, 0.2) is 0 Å². The van der Waals surface area contributed by atoms with E-state index < -0.39 is 5.97 Å². The lowest BCUT2D eigenvalue weighted by Crippen LogP contribution is -2.10.